The number of hydrogen-bond acceptors (Lipinski definition) is 3. The Bertz CT molecular complexity index is 873. The molecule has 0 bridgehead atoms. The maximum atomic E-state index is 13.0. The molecule has 25 heavy (non-hydrogen) atoms. The molecule has 5 heteroatoms. The molecular formula is C20H20N4O. The fourth-order valence-corrected chi connectivity index (χ4v) is 3.18. The molecule has 1 aliphatic heterocycles. The summed E-state index contributed by atoms with van der Waals surface area (Å²) in [5.74, 6) is -0.0218. The van der Waals surface area contributed by atoms with Gasteiger partial charge in [-0.15, -0.1) is 0 Å². The molecule has 126 valence electrons. The van der Waals surface area contributed by atoms with Crippen molar-refractivity contribution in [1.29, 1.82) is 0 Å². The minimum atomic E-state index is -0.0218. The van der Waals surface area contributed by atoms with E-state index in [0.717, 1.165) is 23.4 Å². The Labute approximate surface area is 146 Å². The summed E-state index contributed by atoms with van der Waals surface area (Å²) in [6, 6.07) is 21.6. The van der Waals surface area contributed by atoms with Crippen molar-refractivity contribution in [2.24, 2.45) is 5.73 Å². The summed E-state index contributed by atoms with van der Waals surface area (Å²) in [7, 11) is 0. The van der Waals surface area contributed by atoms with Crippen LogP contribution in [0.4, 0.5) is 0 Å². The van der Waals surface area contributed by atoms with Gasteiger partial charge in [-0.3, -0.25) is 4.79 Å². The molecule has 1 aromatic heterocycles. The lowest BCUT2D eigenvalue weighted by atomic mass is 10.1. The van der Waals surface area contributed by atoms with Gasteiger partial charge in [-0.05, 0) is 24.6 Å². The fraction of sp³-hybridized carbons (Fsp3) is 0.200. The zero-order chi connectivity index (χ0) is 17.2. The van der Waals surface area contributed by atoms with E-state index < -0.39 is 0 Å². The second-order valence-corrected chi connectivity index (χ2v) is 6.33. The van der Waals surface area contributed by atoms with Gasteiger partial charge in [0.1, 0.15) is 5.69 Å². The standard InChI is InChI=1S/C20H20N4O/c21-16-11-12-23(14-16)20(25)19-13-18(15-7-3-1-4-8-15)22-24(19)17-9-5-2-6-10-17/h1-10,13,16H,11-12,14,21H2. The number of para-hydroxylation sites is 1. The first-order chi connectivity index (χ1) is 12.2. The summed E-state index contributed by atoms with van der Waals surface area (Å²) in [5.41, 5.74) is 9.19. The van der Waals surface area contributed by atoms with Crippen LogP contribution in [-0.4, -0.2) is 39.7 Å². The molecule has 0 saturated carbocycles. The van der Waals surface area contributed by atoms with Gasteiger partial charge in [-0.2, -0.15) is 5.10 Å². The summed E-state index contributed by atoms with van der Waals surface area (Å²) in [6.07, 6.45) is 0.844. The normalized spacial score (nSPS) is 17.0. The SMILES string of the molecule is NC1CCN(C(=O)c2cc(-c3ccccc3)nn2-c2ccccc2)C1. The summed E-state index contributed by atoms with van der Waals surface area (Å²) in [4.78, 5) is 14.9. The van der Waals surface area contributed by atoms with Gasteiger partial charge < -0.3 is 10.6 Å². The average molecular weight is 332 g/mol. The zero-order valence-corrected chi connectivity index (χ0v) is 13.9. The molecule has 1 amide bonds. The monoisotopic (exact) mass is 332 g/mol. The number of benzene rings is 2. The van der Waals surface area contributed by atoms with Crippen LogP contribution in [0.1, 0.15) is 16.9 Å². The molecule has 1 saturated heterocycles. The molecule has 4 rings (SSSR count). The Morgan fingerprint density at radius 2 is 1.72 bits per heavy atom. The third kappa shape index (κ3) is 3.06. The van der Waals surface area contributed by atoms with Crippen molar-refractivity contribution in [2.45, 2.75) is 12.5 Å². The maximum Gasteiger partial charge on any atom is 0.272 e. The molecule has 1 aliphatic rings. The van der Waals surface area contributed by atoms with Crippen LogP contribution in [0.2, 0.25) is 0 Å². The van der Waals surface area contributed by atoms with Crippen molar-refractivity contribution in [3.05, 3.63) is 72.4 Å². The summed E-state index contributed by atoms with van der Waals surface area (Å²) < 4.78 is 1.73. The van der Waals surface area contributed by atoms with Crippen LogP contribution >= 0.6 is 0 Å². The highest BCUT2D eigenvalue weighted by Gasteiger charge is 2.28. The molecule has 0 spiro atoms. The smallest absolute Gasteiger partial charge is 0.272 e. The lowest BCUT2D eigenvalue weighted by Crippen LogP contribution is -2.33. The molecule has 0 radical (unpaired) electrons. The third-order valence-electron chi connectivity index (χ3n) is 4.51. The molecule has 1 fully saturated rings. The van der Waals surface area contributed by atoms with Gasteiger partial charge in [0.15, 0.2) is 0 Å². The quantitative estimate of drug-likeness (QED) is 0.802. The fourth-order valence-electron chi connectivity index (χ4n) is 3.18. The number of carbonyl (C=O) groups excluding carboxylic acids is 1. The number of carbonyl (C=O) groups is 1. The van der Waals surface area contributed by atoms with Gasteiger partial charge in [0.05, 0.1) is 11.4 Å². The molecule has 1 unspecified atom stereocenters. The Morgan fingerprint density at radius 3 is 2.36 bits per heavy atom. The molecule has 0 aliphatic carbocycles. The van der Waals surface area contributed by atoms with Crippen LogP contribution in [0.15, 0.2) is 66.7 Å². The van der Waals surface area contributed by atoms with Crippen molar-refractivity contribution in [3.63, 3.8) is 0 Å². The van der Waals surface area contributed by atoms with Gasteiger partial charge in [0.2, 0.25) is 0 Å². The van der Waals surface area contributed by atoms with Crippen molar-refractivity contribution < 1.29 is 4.79 Å². The molecule has 3 aromatic rings. The molecule has 5 nitrogen and oxygen atoms in total. The molecule has 2 aromatic carbocycles. The number of likely N-dealkylation sites (tertiary alicyclic amines) is 1. The first-order valence-electron chi connectivity index (χ1n) is 8.48. The first kappa shape index (κ1) is 15.6. The highest BCUT2D eigenvalue weighted by Crippen LogP contribution is 2.23. The largest absolute Gasteiger partial charge is 0.336 e. The molecule has 2 N–H and O–H groups in total. The predicted molar refractivity (Wildman–Crippen MR) is 97.5 cm³/mol. The summed E-state index contributed by atoms with van der Waals surface area (Å²) >= 11 is 0. The van der Waals surface area contributed by atoms with Crippen molar-refractivity contribution in [3.8, 4) is 16.9 Å². The zero-order valence-electron chi connectivity index (χ0n) is 13.9. The second kappa shape index (κ2) is 6.53. The predicted octanol–water partition coefficient (Wildman–Crippen LogP) is 2.71. The molecule has 2 heterocycles. The van der Waals surface area contributed by atoms with Crippen LogP contribution in [-0.2, 0) is 0 Å². The van der Waals surface area contributed by atoms with Crippen LogP contribution < -0.4 is 5.73 Å². The third-order valence-corrected chi connectivity index (χ3v) is 4.51. The number of nitrogens with two attached hydrogens (primary N) is 1. The summed E-state index contributed by atoms with van der Waals surface area (Å²) in [5, 5.41) is 4.70. The van der Waals surface area contributed by atoms with Crippen molar-refractivity contribution in [1.82, 2.24) is 14.7 Å². The van der Waals surface area contributed by atoms with Crippen molar-refractivity contribution >= 4 is 5.91 Å². The molecule has 1 atom stereocenters. The van der Waals surface area contributed by atoms with Crippen LogP contribution in [0, 0.1) is 0 Å². The average Bonchev–Trinajstić information content (AvgIpc) is 3.29. The van der Waals surface area contributed by atoms with Crippen molar-refractivity contribution in [2.75, 3.05) is 13.1 Å². The van der Waals surface area contributed by atoms with E-state index in [1.54, 1.807) is 4.68 Å². The Morgan fingerprint density at radius 1 is 1.04 bits per heavy atom. The minimum absolute atomic E-state index is 0.0218. The number of nitrogens with zero attached hydrogens (tertiary/aromatic N) is 3. The van der Waals surface area contributed by atoms with E-state index >= 15 is 0 Å². The summed E-state index contributed by atoms with van der Waals surface area (Å²) in [6.45, 7) is 1.29. The van der Waals surface area contributed by atoms with E-state index in [1.807, 2.05) is 71.6 Å². The van der Waals surface area contributed by atoms with E-state index in [4.69, 9.17) is 10.8 Å². The number of rotatable bonds is 3. The second-order valence-electron chi connectivity index (χ2n) is 6.33. The van der Waals surface area contributed by atoms with Crippen LogP contribution in [0.25, 0.3) is 16.9 Å². The van der Waals surface area contributed by atoms with Gasteiger partial charge in [0.25, 0.3) is 5.91 Å². The van der Waals surface area contributed by atoms with E-state index in [2.05, 4.69) is 0 Å². The number of hydrogen-bond donors (Lipinski definition) is 1. The Hall–Kier alpha value is -2.92. The number of aromatic nitrogens is 2. The van der Waals surface area contributed by atoms with Gasteiger partial charge in [0, 0.05) is 24.7 Å². The van der Waals surface area contributed by atoms with Crippen LogP contribution in [0.3, 0.4) is 0 Å². The van der Waals surface area contributed by atoms with Gasteiger partial charge in [-0.1, -0.05) is 48.5 Å². The number of amides is 1. The Balaban J connectivity index is 1.78. The van der Waals surface area contributed by atoms with Gasteiger partial charge in [-0.25, -0.2) is 4.68 Å². The van der Waals surface area contributed by atoms with E-state index in [0.29, 0.717) is 18.8 Å². The highest BCUT2D eigenvalue weighted by molar-refractivity contribution is 5.94. The van der Waals surface area contributed by atoms with E-state index in [-0.39, 0.29) is 11.9 Å². The van der Waals surface area contributed by atoms with Crippen LogP contribution in [0.5, 0.6) is 0 Å². The maximum absolute atomic E-state index is 13.0. The highest BCUT2D eigenvalue weighted by atomic mass is 16.2. The minimum Gasteiger partial charge on any atom is -0.336 e. The van der Waals surface area contributed by atoms with E-state index in [1.165, 1.54) is 0 Å². The first-order valence-corrected chi connectivity index (χ1v) is 8.48. The lowest BCUT2D eigenvalue weighted by molar-refractivity contribution is 0.0782. The van der Waals surface area contributed by atoms with E-state index in [9.17, 15) is 4.79 Å². The Kier molecular flexibility index (Phi) is 4.07. The van der Waals surface area contributed by atoms with Gasteiger partial charge >= 0.3 is 0 Å². The lowest BCUT2D eigenvalue weighted by Gasteiger charge is -2.16. The topological polar surface area (TPSA) is 64.2 Å². The molecular weight excluding hydrogens is 312 g/mol.